The summed E-state index contributed by atoms with van der Waals surface area (Å²) in [5.41, 5.74) is 1.21. The first kappa shape index (κ1) is 12.9. The first-order chi connectivity index (χ1) is 8.70. The van der Waals surface area contributed by atoms with Gasteiger partial charge in [-0.3, -0.25) is 0 Å². The summed E-state index contributed by atoms with van der Waals surface area (Å²) in [6.45, 7) is 2.08. The first-order valence-corrected chi connectivity index (χ1v) is 6.35. The minimum Gasteiger partial charge on any atom is -0.394 e. The van der Waals surface area contributed by atoms with E-state index in [-0.39, 0.29) is 12.6 Å². The smallest absolute Gasteiger partial charge is 0.196 e. The fraction of sp³-hybridized carbons (Fsp3) is 0.500. The molecule has 18 heavy (non-hydrogen) atoms. The maximum atomic E-state index is 9.48. The Morgan fingerprint density at radius 3 is 2.33 bits per heavy atom. The summed E-state index contributed by atoms with van der Waals surface area (Å²) in [6, 6.07) is 10.1. The van der Waals surface area contributed by atoms with Crippen molar-refractivity contribution in [1.82, 2.24) is 9.80 Å². The fourth-order valence-electron chi connectivity index (χ4n) is 2.19. The monoisotopic (exact) mass is 247 g/mol. The number of aliphatic hydroxyl groups excluding tert-OH is 1. The van der Waals surface area contributed by atoms with Gasteiger partial charge in [0.2, 0.25) is 0 Å². The van der Waals surface area contributed by atoms with E-state index in [1.165, 1.54) is 5.56 Å². The Labute approximate surface area is 109 Å². The number of hydrogen-bond acceptors (Lipinski definition) is 2. The average molecular weight is 247 g/mol. The molecule has 1 heterocycles. The molecule has 2 rings (SSSR count). The number of guanidine groups is 1. The normalized spacial score (nSPS) is 17.2. The van der Waals surface area contributed by atoms with Crippen LogP contribution >= 0.6 is 0 Å². The highest BCUT2D eigenvalue weighted by Gasteiger charge is 2.21. The maximum Gasteiger partial charge on any atom is 0.196 e. The summed E-state index contributed by atoms with van der Waals surface area (Å²) in [5, 5.41) is 9.48. The molecule has 0 bridgehead atoms. The summed E-state index contributed by atoms with van der Waals surface area (Å²) < 4.78 is 0. The summed E-state index contributed by atoms with van der Waals surface area (Å²) in [5.74, 6) is 0.977. The topological polar surface area (TPSA) is 39.1 Å². The summed E-state index contributed by atoms with van der Waals surface area (Å²) >= 11 is 0. The Bertz CT molecular complexity index is 393. The van der Waals surface area contributed by atoms with Gasteiger partial charge in [-0.05, 0) is 12.0 Å². The Kier molecular flexibility index (Phi) is 4.20. The Balaban J connectivity index is 2.07. The molecular formula is C14H21N3O. The average Bonchev–Trinajstić information content (AvgIpc) is 2.70. The van der Waals surface area contributed by atoms with Crippen LogP contribution in [-0.2, 0) is 6.42 Å². The van der Waals surface area contributed by atoms with Crippen molar-refractivity contribution in [1.29, 1.82) is 0 Å². The molecule has 1 unspecified atom stereocenters. The van der Waals surface area contributed by atoms with E-state index in [1.807, 2.05) is 32.3 Å². The van der Waals surface area contributed by atoms with E-state index in [9.17, 15) is 5.11 Å². The van der Waals surface area contributed by atoms with E-state index >= 15 is 0 Å². The van der Waals surface area contributed by atoms with Gasteiger partial charge in [-0.1, -0.05) is 30.3 Å². The van der Waals surface area contributed by atoms with Gasteiger partial charge in [-0.2, -0.15) is 0 Å². The zero-order valence-corrected chi connectivity index (χ0v) is 11.1. The van der Waals surface area contributed by atoms with Crippen LogP contribution in [0.4, 0.5) is 0 Å². The molecule has 98 valence electrons. The van der Waals surface area contributed by atoms with Crippen molar-refractivity contribution in [2.45, 2.75) is 12.5 Å². The van der Waals surface area contributed by atoms with E-state index in [0.717, 1.165) is 25.5 Å². The predicted octanol–water partition coefficient (Wildman–Crippen LogP) is 0.823. The highest BCUT2D eigenvalue weighted by molar-refractivity contribution is 5.81. The SMILES string of the molecule is CN1CCN(C)C1=NC(CO)Cc1ccccc1. The van der Waals surface area contributed by atoms with Crippen LogP contribution < -0.4 is 0 Å². The van der Waals surface area contributed by atoms with Crippen LogP contribution in [0.15, 0.2) is 35.3 Å². The minimum absolute atomic E-state index is 0.0644. The molecule has 1 fully saturated rings. The van der Waals surface area contributed by atoms with Gasteiger partial charge in [0.15, 0.2) is 5.96 Å². The second-order valence-corrected chi connectivity index (χ2v) is 4.80. The van der Waals surface area contributed by atoms with E-state index in [2.05, 4.69) is 26.9 Å². The molecule has 0 amide bonds. The number of benzene rings is 1. The van der Waals surface area contributed by atoms with Crippen LogP contribution in [0, 0.1) is 0 Å². The molecule has 0 saturated carbocycles. The van der Waals surface area contributed by atoms with Crippen LogP contribution in [0.3, 0.4) is 0 Å². The largest absolute Gasteiger partial charge is 0.394 e. The third kappa shape index (κ3) is 3.01. The van der Waals surface area contributed by atoms with Gasteiger partial charge >= 0.3 is 0 Å². The van der Waals surface area contributed by atoms with Crippen molar-refractivity contribution in [2.24, 2.45) is 4.99 Å². The van der Waals surface area contributed by atoms with Gasteiger partial charge in [-0.15, -0.1) is 0 Å². The summed E-state index contributed by atoms with van der Waals surface area (Å²) in [4.78, 5) is 8.94. The van der Waals surface area contributed by atoms with Crippen molar-refractivity contribution < 1.29 is 5.11 Å². The quantitative estimate of drug-likeness (QED) is 0.856. The Morgan fingerprint density at radius 2 is 1.78 bits per heavy atom. The summed E-state index contributed by atoms with van der Waals surface area (Å²) in [6.07, 6.45) is 0.780. The van der Waals surface area contributed by atoms with Crippen LogP contribution in [0.1, 0.15) is 5.56 Å². The third-order valence-corrected chi connectivity index (χ3v) is 3.28. The standard InChI is InChI=1S/C14H21N3O/c1-16-8-9-17(2)14(16)15-13(11-18)10-12-6-4-3-5-7-12/h3-7,13,18H,8-11H2,1-2H3. The van der Waals surface area contributed by atoms with Gasteiger partial charge in [0.1, 0.15) is 0 Å². The molecule has 0 aliphatic carbocycles. The van der Waals surface area contributed by atoms with Crippen LogP contribution in [-0.4, -0.2) is 60.7 Å². The molecule has 4 nitrogen and oxygen atoms in total. The predicted molar refractivity (Wildman–Crippen MR) is 73.7 cm³/mol. The van der Waals surface area contributed by atoms with Crippen molar-refractivity contribution >= 4 is 5.96 Å². The lowest BCUT2D eigenvalue weighted by molar-refractivity contribution is 0.264. The lowest BCUT2D eigenvalue weighted by atomic mass is 10.1. The molecule has 4 heteroatoms. The number of nitrogens with zero attached hydrogens (tertiary/aromatic N) is 3. The van der Waals surface area contributed by atoms with Crippen LogP contribution in [0.2, 0.25) is 0 Å². The second-order valence-electron chi connectivity index (χ2n) is 4.80. The van der Waals surface area contributed by atoms with E-state index in [4.69, 9.17) is 0 Å². The number of aliphatic hydroxyl groups is 1. The van der Waals surface area contributed by atoms with Crippen molar-refractivity contribution in [3.05, 3.63) is 35.9 Å². The first-order valence-electron chi connectivity index (χ1n) is 6.35. The molecule has 1 atom stereocenters. The van der Waals surface area contributed by atoms with E-state index < -0.39 is 0 Å². The van der Waals surface area contributed by atoms with Crippen molar-refractivity contribution in [3.8, 4) is 0 Å². The molecule has 1 saturated heterocycles. The van der Waals surface area contributed by atoms with Crippen LogP contribution in [0.5, 0.6) is 0 Å². The molecule has 0 radical (unpaired) electrons. The highest BCUT2D eigenvalue weighted by atomic mass is 16.3. The number of rotatable bonds is 4. The Hall–Kier alpha value is -1.55. The maximum absolute atomic E-state index is 9.48. The summed E-state index contributed by atoms with van der Waals surface area (Å²) in [7, 11) is 4.08. The minimum atomic E-state index is -0.0644. The molecule has 1 aliphatic rings. The molecule has 1 aromatic carbocycles. The molecular weight excluding hydrogens is 226 g/mol. The molecule has 1 N–H and O–H groups in total. The second kappa shape index (κ2) is 5.87. The lowest BCUT2D eigenvalue weighted by Gasteiger charge is -2.19. The fourth-order valence-corrected chi connectivity index (χ4v) is 2.19. The van der Waals surface area contributed by atoms with Gasteiger partial charge in [0, 0.05) is 27.2 Å². The van der Waals surface area contributed by atoms with Crippen molar-refractivity contribution in [3.63, 3.8) is 0 Å². The van der Waals surface area contributed by atoms with Gasteiger partial charge in [0.05, 0.1) is 12.6 Å². The zero-order chi connectivity index (χ0) is 13.0. The number of likely N-dealkylation sites (N-methyl/N-ethyl adjacent to an activating group) is 2. The van der Waals surface area contributed by atoms with E-state index in [1.54, 1.807) is 0 Å². The highest BCUT2D eigenvalue weighted by Crippen LogP contribution is 2.10. The van der Waals surface area contributed by atoms with Crippen LogP contribution in [0.25, 0.3) is 0 Å². The lowest BCUT2D eigenvalue weighted by Crippen LogP contribution is -2.31. The molecule has 1 aromatic rings. The molecule has 1 aliphatic heterocycles. The third-order valence-electron chi connectivity index (χ3n) is 3.28. The van der Waals surface area contributed by atoms with Gasteiger partial charge < -0.3 is 14.9 Å². The number of hydrogen-bond donors (Lipinski definition) is 1. The zero-order valence-electron chi connectivity index (χ0n) is 11.1. The Morgan fingerprint density at radius 1 is 1.17 bits per heavy atom. The van der Waals surface area contributed by atoms with Crippen molar-refractivity contribution in [2.75, 3.05) is 33.8 Å². The van der Waals surface area contributed by atoms with Gasteiger partial charge in [-0.25, -0.2) is 4.99 Å². The molecule has 0 spiro atoms. The molecule has 0 aromatic heterocycles. The van der Waals surface area contributed by atoms with Gasteiger partial charge in [0.25, 0.3) is 0 Å². The van der Waals surface area contributed by atoms with E-state index in [0.29, 0.717) is 0 Å². The number of aliphatic imine (C=N–C) groups is 1.